The van der Waals surface area contributed by atoms with Gasteiger partial charge in [-0.2, -0.15) is 0 Å². The van der Waals surface area contributed by atoms with E-state index in [1.807, 2.05) is 32.0 Å². The maximum Gasteiger partial charge on any atom is 0.250 e. The summed E-state index contributed by atoms with van der Waals surface area (Å²) in [6.45, 7) is 5.35. The topological polar surface area (TPSA) is 134 Å². The van der Waals surface area contributed by atoms with Gasteiger partial charge in [0.15, 0.2) is 5.76 Å². The fourth-order valence-corrected chi connectivity index (χ4v) is 4.78. The van der Waals surface area contributed by atoms with Gasteiger partial charge in [-0.3, -0.25) is 24.1 Å². The van der Waals surface area contributed by atoms with Crippen LogP contribution in [-0.2, 0) is 38.6 Å². The number of carbonyl (C=O) groups is 4. The van der Waals surface area contributed by atoms with Gasteiger partial charge in [-0.15, -0.1) is 0 Å². The molecule has 4 rings (SSSR count). The molecule has 0 aliphatic carbocycles. The van der Waals surface area contributed by atoms with Crippen molar-refractivity contribution < 1.29 is 23.7 Å². The first kappa shape index (κ1) is 24.4. The molecule has 0 saturated heterocycles. The molecular formula is C25H31N5O5. The van der Waals surface area contributed by atoms with Crippen LogP contribution in [0.15, 0.2) is 35.0 Å². The summed E-state index contributed by atoms with van der Waals surface area (Å²) in [5.41, 5.74) is 2.66. The van der Waals surface area contributed by atoms with Gasteiger partial charge in [0.25, 0.3) is 0 Å². The van der Waals surface area contributed by atoms with Crippen LogP contribution in [0.2, 0.25) is 0 Å². The molecule has 1 aromatic carbocycles. The molecular weight excluding hydrogens is 450 g/mol. The molecule has 0 fully saturated rings. The van der Waals surface area contributed by atoms with Crippen molar-refractivity contribution in [1.29, 1.82) is 0 Å². The second-order valence-electron chi connectivity index (χ2n) is 9.21. The number of hydrogen-bond acceptors (Lipinski definition) is 6. The molecule has 35 heavy (non-hydrogen) atoms. The number of nitrogens with one attached hydrogen (secondary N) is 3. The molecule has 4 amide bonds. The lowest BCUT2D eigenvalue weighted by Crippen LogP contribution is -2.58. The number of amides is 4. The summed E-state index contributed by atoms with van der Waals surface area (Å²) in [6, 6.07) is 5.18. The van der Waals surface area contributed by atoms with E-state index in [2.05, 4.69) is 21.1 Å². The summed E-state index contributed by atoms with van der Waals surface area (Å²) in [6.07, 6.45) is 3.55. The van der Waals surface area contributed by atoms with Gasteiger partial charge in [-0.05, 0) is 29.9 Å². The van der Waals surface area contributed by atoms with Gasteiger partial charge in [0.2, 0.25) is 23.6 Å². The second-order valence-corrected chi connectivity index (χ2v) is 9.21. The van der Waals surface area contributed by atoms with E-state index < -0.39 is 24.0 Å². The van der Waals surface area contributed by atoms with E-state index in [0.717, 1.165) is 16.8 Å². The van der Waals surface area contributed by atoms with Crippen LogP contribution in [0.3, 0.4) is 0 Å². The van der Waals surface area contributed by atoms with Crippen LogP contribution in [0.1, 0.15) is 50.5 Å². The maximum atomic E-state index is 13.8. The Bertz CT molecular complexity index is 1120. The first-order valence-corrected chi connectivity index (χ1v) is 12.0. The third-order valence-corrected chi connectivity index (χ3v) is 6.81. The molecule has 4 atom stereocenters. The smallest absolute Gasteiger partial charge is 0.250 e. The van der Waals surface area contributed by atoms with E-state index in [0.29, 0.717) is 31.4 Å². The van der Waals surface area contributed by atoms with Gasteiger partial charge < -0.3 is 20.5 Å². The molecule has 186 valence electrons. The van der Waals surface area contributed by atoms with Gasteiger partial charge in [-0.1, -0.05) is 43.6 Å². The van der Waals surface area contributed by atoms with Crippen molar-refractivity contribution in [2.75, 3.05) is 4.90 Å². The van der Waals surface area contributed by atoms with E-state index in [4.69, 9.17) is 4.52 Å². The number of benzene rings is 1. The highest BCUT2D eigenvalue weighted by atomic mass is 16.5. The van der Waals surface area contributed by atoms with Crippen molar-refractivity contribution in [3.63, 3.8) is 0 Å². The zero-order valence-electron chi connectivity index (χ0n) is 20.2. The van der Waals surface area contributed by atoms with E-state index >= 15 is 0 Å². The molecule has 10 nitrogen and oxygen atoms in total. The Morgan fingerprint density at radius 3 is 2.69 bits per heavy atom. The molecule has 0 saturated carbocycles. The number of aromatic nitrogens is 1. The number of anilines is 1. The lowest BCUT2D eigenvalue weighted by Gasteiger charge is -2.29. The largest absolute Gasteiger partial charge is 0.360 e. The van der Waals surface area contributed by atoms with Crippen molar-refractivity contribution in [2.24, 2.45) is 5.92 Å². The summed E-state index contributed by atoms with van der Waals surface area (Å²) < 4.78 is 5.05. The molecule has 0 radical (unpaired) electrons. The number of aryl methyl sites for hydroxylation is 1. The molecule has 2 aliphatic rings. The molecule has 1 aromatic heterocycles. The fourth-order valence-electron chi connectivity index (χ4n) is 4.78. The molecule has 0 spiro atoms. The van der Waals surface area contributed by atoms with Crippen LogP contribution in [-0.4, -0.2) is 46.9 Å². The highest BCUT2D eigenvalue weighted by Gasteiger charge is 2.44. The average Bonchev–Trinajstić information content (AvgIpc) is 3.47. The van der Waals surface area contributed by atoms with Crippen molar-refractivity contribution in [3.8, 4) is 0 Å². The van der Waals surface area contributed by atoms with Crippen LogP contribution in [0, 0.1) is 5.92 Å². The summed E-state index contributed by atoms with van der Waals surface area (Å²) in [7, 11) is 0. The van der Waals surface area contributed by atoms with Crippen LogP contribution in [0.4, 0.5) is 5.69 Å². The monoisotopic (exact) mass is 481 g/mol. The van der Waals surface area contributed by atoms with Crippen molar-refractivity contribution in [2.45, 2.75) is 71.1 Å². The van der Waals surface area contributed by atoms with E-state index in [1.165, 1.54) is 18.0 Å². The molecule has 2 aliphatic heterocycles. The lowest BCUT2D eigenvalue weighted by atomic mass is 9.97. The number of nitrogens with zero attached hydrogens (tertiary/aromatic N) is 2. The predicted octanol–water partition coefficient (Wildman–Crippen LogP) is 1.23. The first-order valence-electron chi connectivity index (χ1n) is 12.0. The van der Waals surface area contributed by atoms with Crippen LogP contribution in [0.25, 0.3) is 0 Å². The fraction of sp³-hybridized carbons (Fsp3) is 0.480. The molecule has 2 aromatic rings. The summed E-state index contributed by atoms with van der Waals surface area (Å²) in [5, 5.41) is 12.0. The van der Waals surface area contributed by atoms with Crippen molar-refractivity contribution in [3.05, 3.63) is 47.3 Å². The zero-order valence-corrected chi connectivity index (χ0v) is 20.2. The van der Waals surface area contributed by atoms with E-state index in [9.17, 15) is 19.2 Å². The van der Waals surface area contributed by atoms with Gasteiger partial charge in [0.1, 0.15) is 18.1 Å². The summed E-state index contributed by atoms with van der Waals surface area (Å²) in [4.78, 5) is 53.3. The predicted molar refractivity (Wildman–Crippen MR) is 127 cm³/mol. The van der Waals surface area contributed by atoms with Gasteiger partial charge >= 0.3 is 0 Å². The van der Waals surface area contributed by atoms with Crippen molar-refractivity contribution in [1.82, 2.24) is 21.1 Å². The van der Waals surface area contributed by atoms with Gasteiger partial charge in [-0.25, -0.2) is 0 Å². The summed E-state index contributed by atoms with van der Waals surface area (Å²) >= 11 is 0. The van der Waals surface area contributed by atoms with Gasteiger partial charge in [0, 0.05) is 19.4 Å². The Kier molecular flexibility index (Phi) is 7.18. The molecule has 0 bridgehead atoms. The van der Waals surface area contributed by atoms with Gasteiger partial charge in [0.05, 0.1) is 18.4 Å². The number of carbonyl (C=O) groups excluding carboxylic acids is 4. The quantitative estimate of drug-likeness (QED) is 0.519. The number of hydrogen-bond donors (Lipinski definition) is 3. The molecule has 0 unspecified atom stereocenters. The Balaban J connectivity index is 1.56. The molecule has 10 heteroatoms. The van der Waals surface area contributed by atoms with Crippen LogP contribution < -0.4 is 20.9 Å². The lowest BCUT2D eigenvalue weighted by molar-refractivity contribution is -0.132. The molecule has 3 N–H and O–H groups in total. The number of para-hydroxylation sites is 1. The Morgan fingerprint density at radius 1 is 1.23 bits per heavy atom. The average molecular weight is 482 g/mol. The second kappa shape index (κ2) is 10.3. The Labute approximate surface area is 203 Å². The van der Waals surface area contributed by atoms with Crippen molar-refractivity contribution >= 4 is 29.3 Å². The number of rotatable bonds is 8. The zero-order chi connectivity index (χ0) is 25.1. The normalized spacial score (nSPS) is 20.4. The minimum Gasteiger partial charge on any atom is -0.360 e. The third kappa shape index (κ3) is 5.06. The van der Waals surface area contributed by atoms with E-state index in [1.54, 1.807) is 6.07 Å². The van der Waals surface area contributed by atoms with E-state index in [-0.39, 0.29) is 30.2 Å². The standard InChI is InChI=1S/C25H31N5O5/c1-4-14(2)21(28-15(3)31)24(33)29-19-9-8-16-6-5-7-17-12-20(30(22(16)17)25(19)34)23(32)26-13-18-10-11-27-35-18/h5-7,10-11,14,19-21H,4,8-9,12-13H2,1-3H3,(H,26,32)(H,28,31)(H,29,33)/t14-,19-,20-,21-/m0/s1. The highest BCUT2D eigenvalue weighted by Crippen LogP contribution is 2.39. The molecule has 3 heterocycles. The third-order valence-electron chi connectivity index (χ3n) is 6.81. The Hall–Kier alpha value is -3.69. The van der Waals surface area contributed by atoms with Crippen LogP contribution >= 0.6 is 0 Å². The minimum atomic E-state index is -0.814. The maximum absolute atomic E-state index is 13.8. The highest BCUT2D eigenvalue weighted by molar-refractivity contribution is 6.08. The Morgan fingerprint density at radius 2 is 2.00 bits per heavy atom. The summed E-state index contributed by atoms with van der Waals surface area (Å²) in [5.74, 6) is -0.935. The van der Waals surface area contributed by atoms with Crippen LogP contribution in [0.5, 0.6) is 0 Å². The minimum absolute atomic E-state index is 0.106. The first-order chi connectivity index (χ1) is 16.8. The SMILES string of the molecule is CC[C@H](C)[C@H](NC(C)=O)C(=O)N[C@H]1CCc2cccc3c2N(C1=O)[C@H](C(=O)NCc1ccno1)C3.